The second-order valence-corrected chi connectivity index (χ2v) is 7.36. The van der Waals surface area contributed by atoms with E-state index in [1.807, 2.05) is 37.3 Å². The van der Waals surface area contributed by atoms with Crippen LogP contribution in [-0.4, -0.2) is 68.4 Å². The summed E-state index contributed by atoms with van der Waals surface area (Å²) >= 11 is 1.25. The first kappa shape index (κ1) is 20.0. The molecule has 0 unspecified atom stereocenters. The molecular weight excluding hydrogens is 380 g/mol. The van der Waals surface area contributed by atoms with Gasteiger partial charge in [-0.15, -0.1) is 5.10 Å². The van der Waals surface area contributed by atoms with Gasteiger partial charge in [0.15, 0.2) is 5.16 Å². The van der Waals surface area contributed by atoms with Crippen LogP contribution >= 0.6 is 11.8 Å². The Kier molecular flexibility index (Phi) is 6.75. The Labute approximate surface area is 167 Å². The SMILES string of the molecule is CCCn1c(SCC(=O)N2CCN(C(=O)Nc3ccccc3)CC2)n[nH]c1=O. The van der Waals surface area contributed by atoms with E-state index in [1.165, 1.54) is 11.8 Å². The number of benzene rings is 1. The molecule has 28 heavy (non-hydrogen) atoms. The topological polar surface area (TPSA) is 103 Å². The molecule has 0 bridgehead atoms. The van der Waals surface area contributed by atoms with Crippen LogP contribution in [0.1, 0.15) is 13.3 Å². The first-order valence-electron chi connectivity index (χ1n) is 9.25. The summed E-state index contributed by atoms with van der Waals surface area (Å²) in [5, 5.41) is 9.79. The number of thioether (sulfide) groups is 1. The van der Waals surface area contributed by atoms with E-state index in [4.69, 9.17) is 0 Å². The molecule has 1 fully saturated rings. The summed E-state index contributed by atoms with van der Waals surface area (Å²) in [7, 11) is 0. The van der Waals surface area contributed by atoms with Gasteiger partial charge in [0, 0.05) is 38.4 Å². The van der Waals surface area contributed by atoms with Gasteiger partial charge in [-0.05, 0) is 18.6 Å². The molecule has 9 nitrogen and oxygen atoms in total. The Bertz CT molecular complexity index is 858. The van der Waals surface area contributed by atoms with Crippen LogP contribution < -0.4 is 11.0 Å². The van der Waals surface area contributed by atoms with Crippen LogP contribution in [0.4, 0.5) is 10.5 Å². The van der Waals surface area contributed by atoms with Gasteiger partial charge in [0.1, 0.15) is 0 Å². The van der Waals surface area contributed by atoms with E-state index in [-0.39, 0.29) is 23.4 Å². The van der Waals surface area contributed by atoms with Gasteiger partial charge < -0.3 is 15.1 Å². The highest BCUT2D eigenvalue weighted by Gasteiger charge is 2.24. The van der Waals surface area contributed by atoms with Crippen molar-refractivity contribution in [3.05, 3.63) is 40.8 Å². The summed E-state index contributed by atoms with van der Waals surface area (Å²) < 4.78 is 1.55. The van der Waals surface area contributed by atoms with Crippen molar-refractivity contribution in [2.24, 2.45) is 0 Å². The molecule has 0 spiro atoms. The summed E-state index contributed by atoms with van der Waals surface area (Å²) in [5.41, 5.74) is 0.495. The molecule has 0 saturated carbocycles. The second-order valence-electron chi connectivity index (χ2n) is 6.42. The molecule has 3 amide bonds. The van der Waals surface area contributed by atoms with Crippen LogP contribution in [-0.2, 0) is 11.3 Å². The highest BCUT2D eigenvalue weighted by molar-refractivity contribution is 7.99. The Balaban J connectivity index is 1.46. The van der Waals surface area contributed by atoms with Crippen molar-refractivity contribution in [1.29, 1.82) is 0 Å². The number of urea groups is 1. The fourth-order valence-electron chi connectivity index (χ4n) is 2.93. The van der Waals surface area contributed by atoms with Gasteiger partial charge in [-0.2, -0.15) is 0 Å². The van der Waals surface area contributed by atoms with Crippen LogP contribution in [0.5, 0.6) is 0 Å². The van der Waals surface area contributed by atoms with E-state index >= 15 is 0 Å². The van der Waals surface area contributed by atoms with Crippen LogP contribution in [0.2, 0.25) is 0 Å². The lowest BCUT2D eigenvalue weighted by molar-refractivity contribution is -0.129. The predicted molar refractivity (Wildman–Crippen MR) is 107 cm³/mol. The fourth-order valence-corrected chi connectivity index (χ4v) is 3.81. The molecule has 1 aromatic heterocycles. The molecule has 1 aromatic carbocycles. The minimum absolute atomic E-state index is 0.0217. The highest BCUT2D eigenvalue weighted by atomic mass is 32.2. The third-order valence-corrected chi connectivity index (χ3v) is 5.40. The molecule has 10 heteroatoms. The number of rotatable bonds is 6. The number of piperazine rings is 1. The zero-order chi connectivity index (χ0) is 19.9. The van der Waals surface area contributed by atoms with Crippen LogP contribution in [0.3, 0.4) is 0 Å². The number of H-pyrrole nitrogens is 1. The van der Waals surface area contributed by atoms with Crippen molar-refractivity contribution >= 4 is 29.4 Å². The number of para-hydroxylation sites is 1. The fraction of sp³-hybridized carbons (Fsp3) is 0.444. The van der Waals surface area contributed by atoms with Gasteiger partial charge in [0.05, 0.1) is 5.75 Å². The minimum Gasteiger partial charge on any atom is -0.338 e. The summed E-state index contributed by atoms with van der Waals surface area (Å²) in [4.78, 5) is 39.9. The van der Waals surface area contributed by atoms with Crippen LogP contribution in [0.25, 0.3) is 0 Å². The number of nitrogens with one attached hydrogen (secondary N) is 2. The normalized spacial score (nSPS) is 14.2. The van der Waals surface area contributed by atoms with Crippen molar-refractivity contribution in [2.45, 2.75) is 25.0 Å². The average molecular weight is 404 g/mol. The van der Waals surface area contributed by atoms with Crippen molar-refractivity contribution in [1.82, 2.24) is 24.6 Å². The molecule has 0 aliphatic carbocycles. The molecule has 3 rings (SSSR count). The van der Waals surface area contributed by atoms with E-state index in [0.717, 1.165) is 12.1 Å². The molecule has 2 N–H and O–H groups in total. The number of aromatic nitrogens is 3. The molecule has 1 saturated heterocycles. The van der Waals surface area contributed by atoms with Gasteiger partial charge >= 0.3 is 11.7 Å². The maximum atomic E-state index is 12.5. The lowest BCUT2D eigenvalue weighted by Crippen LogP contribution is -2.52. The summed E-state index contributed by atoms with van der Waals surface area (Å²) in [6.45, 7) is 4.50. The van der Waals surface area contributed by atoms with Gasteiger partial charge in [-0.1, -0.05) is 36.9 Å². The van der Waals surface area contributed by atoms with E-state index in [2.05, 4.69) is 15.5 Å². The molecule has 1 aliphatic heterocycles. The molecule has 1 aliphatic rings. The number of carbonyl (C=O) groups is 2. The van der Waals surface area contributed by atoms with E-state index in [0.29, 0.717) is 37.9 Å². The average Bonchev–Trinajstić information content (AvgIpc) is 3.07. The van der Waals surface area contributed by atoms with Crippen LogP contribution in [0, 0.1) is 0 Å². The first-order valence-corrected chi connectivity index (χ1v) is 10.2. The van der Waals surface area contributed by atoms with Gasteiger partial charge in [0.2, 0.25) is 5.91 Å². The number of amides is 3. The van der Waals surface area contributed by atoms with Crippen LogP contribution in [0.15, 0.2) is 40.3 Å². The van der Waals surface area contributed by atoms with E-state index < -0.39 is 0 Å². The summed E-state index contributed by atoms with van der Waals surface area (Å²) in [6.07, 6.45) is 0.813. The van der Waals surface area contributed by atoms with Gasteiger partial charge in [0.25, 0.3) is 0 Å². The standard InChI is InChI=1S/C18H24N6O3S/c1-2-8-24-17(27)20-21-18(24)28-13-15(25)22-9-11-23(12-10-22)16(26)19-14-6-4-3-5-7-14/h3-7H,2,8-13H2,1H3,(H,19,26)(H,20,27). The third-order valence-electron chi connectivity index (χ3n) is 4.44. The Morgan fingerprint density at radius 1 is 1.14 bits per heavy atom. The molecular formula is C18H24N6O3S. The number of anilines is 1. The molecule has 150 valence electrons. The monoisotopic (exact) mass is 404 g/mol. The highest BCUT2D eigenvalue weighted by Crippen LogP contribution is 2.15. The largest absolute Gasteiger partial charge is 0.343 e. The number of carbonyl (C=O) groups excluding carboxylic acids is 2. The second kappa shape index (κ2) is 9.45. The number of nitrogens with zero attached hydrogens (tertiary/aromatic N) is 4. The lowest BCUT2D eigenvalue weighted by atomic mass is 10.3. The Hall–Kier alpha value is -2.75. The number of aromatic amines is 1. The maximum absolute atomic E-state index is 12.5. The minimum atomic E-state index is -0.255. The first-order chi connectivity index (χ1) is 13.6. The maximum Gasteiger partial charge on any atom is 0.343 e. The smallest absolute Gasteiger partial charge is 0.338 e. The van der Waals surface area contributed by atoms with Crippen molar-refractivity contribution in [3.8, 4) is 0 Å². The molecule has 2 aromatic rings. The Morgan fingerprint density at radius 2 is 1.82 bits per heavy atom. The molecule has 0 atom stereocenters. The lowest BCUT2D eigenvalue weighted by Gasteiger charge is -2.34. The zero-order valence-electron chi connectivity index (χ0n) is 15.8. The summed E-state index contributed by atoms with van der Waals surface area (Å²) in [5.74, 6) is 0.191. The molecule has 0 radical (unpaired) electrons. The van der Waals surface area contributed by atoms with E-state index in [1.54, 1.807) is 14.4 Å². The van der Waals surface area contributed by atoms with Crippen molar-refractivity contribution in [2.75, 3.05) is 37.2 Å². The van der Waals surface area contributed by atoms with E-state index in [9.17, 15) is 14.4 Å². The number of hydrogen-bond acceptors (Lipinski definition) is 5. The number of hydrogen-bond donors (Lipinski definition) is 2. The predicted octanol–water partition coefficient (Wildman–Crippen LogP) is 1.45. The zero-order valence-corrected chi connectivity index (χ0v) is 16.6. The quantitative estimate of drug-likeness (QED) is 0.710. The molecule has 2 heterocycles. The van der Waals surface area contributed by atoms with Crippen molar-refractivity contribution in [3.63, 3.8) is 0 Å². The Morgan fingerprint density at radius 3 is 2.50 bits per heavy atom. The van der Waals surface area contributed by atoms with Gasteiger partial charge in [-0.3, -0.25) is 9.36 Å². The summed E-state index contributed by atoms with van der Waals surface area (Å²) in [6, 6.07) is 9.13. The van der Waals surface area contributed by atoms with Crippen molar-refractivity contribution < 1.29 is 9.59 Å². The third kappa shape index (κ3) is 4.94. The van der Waals surface area contributed by atoms with Gasteiger partial charge in [-0.25, -0.2) is 14.7 Å².